The Balaban J connectivity index is 0.000000291. The average molecular weight is 2140 g/mol. The Morgan fingerprint density at radius 2 is 0.702 bits per heavy atom. The van der Waals surface area contributed by atoms with Crippen molar-refractivity contribution in [2.45, 2.75) is 104 Å². The van der Waals surface area contributed by atoms with Gasteiger partial charge in [0.2, 0.25) is 0 Å². The minimum Gasteiger partial charge on any atom is -0.508 e. The molecule has 1 heterocycles. The predicted octanol–water partition coefficient (Wildman–Crippen LogP) is 14.9. The molecule has 750 valence electrons. The van der Waals surface area contributed by atoms with Gasteiger partial charge in [-0.05, 0) is 224 Å². The van der Waals surface area contributed by atoms with Gasteiger partial charge in [0.15, 0.2) is 17.7 Å². The minimum atomic E-state index is -3.36. The normalized spacial score (nSPS) is 14.3. The number of benzene rings is 8. The lowest BCUT2D eigenvalue weighted by atomic mass is 10.1. The van der Waals surface area contributed by atoms with Crippen LogP contribution < -0.4 is 45.5 Å². The fourth-order valence-electron chi connectivity index (χ4n) is 11.0. The third kappa shape index (κ3) is 41.0. The second kappa shape index (κ2) is 56.0. The molecule has 6 N–H and O–H groups in total. The number of aliphatic carboxylic acids is 2. The number of aromatic hydroxyl groups is 1. The van der Waals surface area contributed by atoms with Gasteiger partial charge in [0, 0.05) is 77.4 Å². The van der Waals surface area contributed by atoms with Crippen LogP contribution in [-0.2, 0) is 94.1 Å². The first-order valence-corrected chi connectivity index (χ1v) is 57.7. The fraction of sp³-hybridized carbons (Fsp3) is 0.294. The number of esters is 6. The maximum Gasteiger partial charge on any atom is 0.347 e. The van der Waals surface area contributed by atoms with Crippen molar-refractivity contribution in [3.05, 3.63) is 240 Å². The van der Waals surface area contributed by atoms with Crippen molar-refractivity contribution in [3.8, 4) is 28.7 Å². The van der Waals surface area contributed by atoms with E-state index in [0.29, 0.717) is 44.2 Å². The Bertz CT molecular complexity index is 6120. The van der Waals surface area contributed by atoms with E-state index in [1.807, 2.05) is 12.1 Å². The Kier molecular flexibility index (Phi) is 45.4. The van der Waals surface area contributed by atoms with E-state index < -0.39 is 139 Å². The van der Waals surface area contributed by atoms with Gasteiger partial charge in [0.05, 0.1) is 75.1 Å². The Morgan fingerprint density at radius 3 is 0.986 bits per heavy atom. The predicted molar refractivity (Wildman–Crippen MR) is 523 cm³/mol. The van der Waals surface area contributed by atoms with Crippen molar-refractivity contribution >= 4 is 210 Å². The lowest BCUT2D eigenvalue weighted by Crippen LogP contribution is -2.25. The van der Waals surface area contributed by atoms with Crippen LogP contribution in [0.15, 0.2) is 207 Å². The first kappa shape index (κ1) is 114. The van der Waals surface area contributed by atoms with Crippen LogP contribution in [0.5, 0.6) is 28.7 Å². The third-order valence-electron chi connectivity index (χ3n) is 17.9. The molecule has 1 fully saturated rings. The number of carbonyl (C=O) groups excluding carboxylic acids is 10. The largest absolute Gasteiger partial charge is 0.508 e. The maximum atomic E-state index is 13.6. The smallest absolute Gasteiger partial charge is 0.347 e. The molecular weight excluding hydrogens is 2050 g/mol. The zero-order valence-electron chi connectivity index (χ0n) is 75.0. The molecule has 1 aliphatic rings. The highest BCUT2D eigenvalue weighted by molar-refractivity contribution is 9.48. The van der Waals surface area contributed by atoms with Gasteiger partial charge in [0.25, 0.3) is 33.0 Å². The molecule has 0 radical (unpaired) electrons. The van der Waals surface area contributed by atoms with Crippen molar-refractivity contribution in [1.82, 2.24) is 16.0 Å². The molecule has 8 aromatic carbocycles. The number of nitrogens with one attached hydrogen (secondary N) is 3. The molecule has 0 bridgehead atoms. The lowest BCUT2D eigenvalue weighted by molar-refractivity contribution is -0.768. The summed E-state index contributed by atoms with van der Waals surface area (Å²) in [6.45, 7) is 5.79. The summed E-state index contributed by atoms with van der Waals surface area (Å²) in [5.41, 5.74) is 1.74. The summed E-state index contributed by atoms with van der Waals surface area (Å²) >= 11 is 15.2. The Hall–Kier alpha value is -13.6. The van der Waals surface area contributed by atoms with Gasteiger partial charge in [-0.2, -0.15) is 30.7 Å². The molecule has 0 aliphatic carbocycles. The molecule has 9 rings (SSSR count). The number of nitrogens with zero attached hydrogens (tertiary/aromatic N) is 9. The molecule has 1 saturated heterocycles. The molecule has 3 unspecified atom stereocenters. The number of Topliss-reactive ketones (excluding diaryl/α,β-unsaturated/α-hetero) is 1. The third-order valence-corrected chi connectivity index (χ3v) is 54.2. The van der Waals surface area contributed by atoms with Crippen LogP contribution in [0.2, 0.25) is 0 Å². The topological polar surface area (TPSA) is 657 Å². The molecule has 56 heteroatoms. The number of carbonyl (C=O) groups is 12. The number of phenolic OH excluding ortho intramolecular Hbond substituents is 1. The van der Waals surface area contributed by atoms with Gasteiger partial charge in [-0.15, -0.1) is 30.3 Å². The Morgan fingerprint density at radius 1 is 0.418 bits per heavy atom. The van der Waals surface area contributed by atoms with E-state index in [2.05, 4.69) is 61.1 Å². The van der Waals surface area contributed by atoms with Crippen molar-refractivity contribution in [3.63, 3.8) is 0 Å². The van der Waals surface area contributed by atoms with Crippen LogP contribution in [0, 0.1) is 30.3 Å². The second-order valence-corrected chi connectivity index (χ2v) is 59.2. The van der Waals surface area contributed by atoms with Gasteiger partial charge in [0.1, 0.15) is 82.7 Å². The van der Waals surface area contributed by atoms with Gasteiger partial charge in [-0.3, -0.25) is 43.2 Å². The summed E-state index contributed by atoms with van der Waals surface area (Å²) in [6.07, 6.45) is -2.38. The standard InChI is InChI=1S/C34H30N4O11P2S4.C26H30N4O11S2.C25H28N4O12S2/c1-2-25(49-38(45)46)20-32(42)48-30-16-7-23(37-36-22-5-3-21(4-6-22)33(43)35-18-17-31(40)41)19-29(30)34(44)47-26-10-14-28(15-11-26)51(53)54-50(52,55-51)27-12-8-24(39)9-13-27;1-4-21(41-30(35)36)16-24(32)40-23-10-9-20(15-22(23)26(34)39-13-14-42-43(3,37)38)29-28-19-7-5-18(6-8-19)25(33)27-12-11-17(2)31;1-3-19(41-29(35)36)15-23(32)40-21-9-8-18(14-20(21)25(34)39-12-13-42-43(2,37)38)28-27-17-6-4-16(5-7-17)24(33)26-11-10-22(30)31/h3-16,19,25,39H,2,17-18,20H2,1H3,(H,35,43)(H,40,41);5-10,15,21H,4,11-14,16H2,1-3H3,(H,27,33);4-9,14,19H,3,10-13,15H2,1-2H3,(H,26,33)(H,30,31). The molecule has 0 saturated carbocycles. The van der Waals surface area contributed by atoms with Gasteiger partial charge in [-0.25, -0.2) is 31.2 Å². The Labute approximate surface area is 827 Å². The molecule has 1 aliphatic heterocycles. The molecule has 46 nitrogen and oxygen atoms in total. The maximum absolute atomic E-state index is 13.6. The van der Waals surface area contributed by atoms with Crippen molar-refractivity contribution < 1.29 is 148 Å². The summed E-state index contributed by atoms with van der Waals surface area (Å²) < 4.78 is 72.9. The molecule has 3 amide bonds. The lowest BCUT2D eigenvalue weighted by Gasteiger charge is -2.40. The number of carboxylic acids is 2. The van der Waals surface area contributed by atoms with E-state index in [0.717, 1.165) is 23.1 Å². The van der Waals surface area contributed by atoms with E-state index in [1.165, 1.54) is 134 Å². The molecule has 141 heavy (non-hydrogen) atoms. The van der Waals surface area contributed by atoms with E-state index >= 15 is 0 Å². The zero-order valence-corrected chi connectivity index (χ0v) is 83.3. The molecular formula is C85H88N12O34P2S8. The van der Waals surface area contributed by atoms with Crippen LogP contribution in [0.4, 0.5) is 34.1 Å². The summed E-state index contributed by atoms with van der Waals surface area (Å²) in [4.78, 5) is 191. The van der Waals surface area contributed by atoms with Gasteiger partial charge in [-0.1, -0.05) is 66.4 Å². The highest BCUT2D eigenvalue weighted by Crippen LogP contribution is 3.04. The average Bonchev–Trinajstić information content (AvgIpc) is 0.727. The molecule has 8 aromatic rings. The van der Waals surface area contributed by atoms with E-state index in [9.17, 15) is 110 Å². The second-order valence-electron chi connectivity index (χ2n) is 28.8. The summed E-state index contributed by atoms with van der Waals surface area (Å²) in [7, 11) is -5.56. The molecule has 0 aromatic heterocycles. The summed E-state index contributed by atoms with van der Waals surface area (Å²) in [5, 5.41) is 90.1. The number of rotatable bonds is 50. The number of hydrogen-bond acceptors (Lipinski definition) is 44. The van der Waals surface area contributed by atoms with Crippen molar-refractivity contribution in [2.75, 3.05) is 56.9 Å². The number of phenols is 1. The van der Waals surface area contributed by atoms with Crippen molar-refractivity contribution in [2.24, 2.45) is 30.7 Å². The van der Waals surface area contributed by atoms with Gasteiger partial charge >= 0.3 is 47.8 Å². The summed E-state index contributed by atoms with van der Waals surface area (Å²) in [6, 6.07) is 43.3. The SMILES string of the molecule is CCC(CC(=O)Oc1ccc(N=Nc2ccc(C(=O)NCCC(=O)O)cc2)cc1C(=O)OCCSS(C)(=O)=O)O[N+](=O)[O-].CCC(CC(=O)Oc1ccc(N=Nc2ccc(C(=O)NCCC(=O)O)cc2)cc1C(=O)Oc1ccc(P2(=S)SP(=S)(c3ccc(O)cc3)S2)cc1)O[N+](=O)[O-].CCC(CC(=O)Oc1ccc(N=Nc2ccc(C(=O)NCCC(C)=O)cc2)cc1C(=O)OCCSS(C)(=O)=O)O[N+](=O)[O-]. The van der Waals surface area contributed by atoms with E-state index in [1.54, 1.807) is 79.2 Å². The highest BCUT2D eigenvalue weighted by atomic mass is 33.7. The highest BCUT2D eigenvalue weighted by Gasteiger charge is 2.46. The zero-order chi connectivity index (χ0) is 104. The van der Waals surface area contributed by atoms with Crippen LogP contribution in [0.3, 0.4) is 0 Å². The van der Waals surface area contributed by atoms with E-state index in [-0.39, 0.29) is 168 Å². The minimum absolute atomic E-state index is 0.0300. The number of ether oxygens (including phenoxy) is 6. The number of hydrogen-bond donors (Lipinski definition) is 6. The van der Waals surface area contributed by atoms with Crippen LogP contribution >= 0.6 is 52.5 Å². The fourth-order valence-corrected chi connectivity index (χ4v) is 56.5. The van der Waals surface area contributed by atoms with Crippen LogP contribution in [0.1, 0.15) is 148 Å². The van der Waals surface area contributed by atoms with E-state index in [4.69, 9.17) is 62.2 Å². The molecule has 3 atom stereocenters. The first-order chi connectivity index (χ1) is 66.7. The summed E-state index contributed by atoms with van der Waals surface area (Å²) in [5.74, 6) is -9.36. The number of carboxylic acid groups (broad SMARTS) is 2. The number of azo groups is 3. The van der Waals surface area contributed by atoms with Crippen LogP contribution in [0.25, 0.3) is 0 Å². The first-order valence-electron chi connectivity index (χ1n) is 41.3. The van der Waals surface area contributed by atoms with Crippen LogP contribution in [-0.4, -0.2) is 194 Å². The number of amides is 3. The quantitative estimate of drug-likeness (QED) is 0.00301. The van der Waals surface area contributed by atoms with Gasteiger partial charge < -0.3 is 74.2 Å². The van der Waals surface area contributed by atoms with Crippen molar-refractivity contribution in [1.29, 1.82) is 0 Å². The number of ketones is 1. The monoisotopic (exact) mass is 2140 g/mol. The molecule has 0 spiro atoms.